The number of ether oxygens (including phenoxy) is 1. The molecule has 0 spiro atoms. The molecule has 4 rings (SSSR count). The largest absolute Gasteiger partial charge is 0.383 e. The lowest BCUT2D eigenvalue weighted by Crippen LogP contribution is -2.35. The van der Waals surface area contributed by atoms with Gasteiger partial charge in [-0.2, -0.15) is 0 Å². The molecule has 11 nitrogen and oxygen atoms in total. The first-order valence-corrected chi connectivity index (χ1v) is 13.5. The highest BCUT2D eigenvalue weighted by molar-refractivity contribution is 6.07. The van der Waals surface area contributed by atoms with Crippen LogP contribution in [0.15, 0.2) is 53.7 Å². The molecule has 1 aromatic heterocycles. The average Bonchev–Trinajstić information content (AvgIpc) is 3.52. The van der Waals surface area contributed by atoms with E-state index in [9.17, 15) is 14.4 Å². The lowest BCUT2D eigenvalue weighted by molar-refractivity contribution is -0.117. The van der Waals surface area contributed by atoms with Crippen molar-refractivity contribution in [3.05, 3.63) is 76.6 Å². The van der Waals surface area contributed by atoms with Crippen molar-refractivity contribution in [1.82, 2.24) is 9.99 Å². The minimum Gasteiger partial charge on any atom is -0.383 e. The number of aliphatic imine (C=N–C) groups is 1. The molecule has 11 heteroatoms. The summed E-state index contributed by atoms with van der Waals surface area (Å²) in [5.74, 6) is -0.295. The number of amides is 3. The van der Waals surface area contributed by atoms with Crippen LogP contribution in [0.4, 0.5) is 17.1 Å². The third kappa shape index (κ3) is 6.58. The molecule has 3 amide bonds. The second kappa shape index (κ2) is 12.7. The van der Waals surface area contributed by atoms with Gasteiger partial charge in [0.25, 0.3) is 11.8 Å². The van der Waals surface area contributed by atoms with Crippen LogP contribution in [0.25, 0.3) is 0 Å². The van der Waals surface area contributed by atoms with Gasteiger partial charge in [-0.25, -0.2) is 4.99 Å². The number of rotatable bonds is 10. The molecule has 1 fully saturated rings. The normalized spacial score (nSPS) is 14.2. The smallest absolute Gasteiger partial charge is 0.255 e. The van der Waals surface area contributed by atoms with Gasteiger partial charge in [0.15, 0.2) is 0 Å². The van der Waals surface area contributed by atoms with Crippen LogP contribution in [0, 0.1) is 13.8 Å². The van der Waals surface area contributed by atoms with Crippen LogP contribution in [-0.4, -0.2) is 61.6 Å². The number of hydrogen-bond acceptors (Lipinski definition) is 6. The highest BCUT2D eigenvalue weighted by Crippen LogP contribution is 2.26. The monoisotopic (exact) mass is 559 g/mol. The number of methoxy groups -OCH3 is 1. The summed E-state index contributed by atoms with van der Waals surface area (Å²) in [4.78, 5) is 44.6. The van der Waals surface area contributed by atoms with Crippen LogP contribution in [0.5, 0.6) is 0 Å². The molecule has 2 heterocycles. The summed E-state index contributed by atoms with van der Waals surface area (Å²) in [5, 5.41) is 5.82. The summed E-state index contributed by atoms with van der Waals surface area (Å²) in [7, 11) is 3.30. The molecule has 1 saturated heterocycles. The van der Waals surface area contributed by atoms with E-state index < -0.39 is 0 Å². The van der Waals surface area contributed by atoms with Gasteiger partial charge in [0.05, 0.1) is 17.9 Å². The third-order valence-electron chi connectivity index (χ3n) is 6.98. The van der Waals surface area contributed by atoms with Gasteiger partial charge in [0.1, 0.15) is 11.5 Å². The van der Waals surface area contributed by atoms with Gasteiger partial charge in [0.2, 0.25) is 5.91 Å². The van der Waals surface area contributed by atoms with E-state index in [4.69, 9.17) is 10.5 Å². The summed E-state index contributed by atoms with van der Waals surface area (Å²) in [6.07, 6.45) is 3.03. The molecule has 1 aliphatic heterocycles. The maximum Gasteiger partial charge on any atom is 0.255 e. The molecule has 216 valence electrons. The average molecular weight is 560 g/mol. The lowest BCUT2D eigenvalue weighted by Gasteiger charge is -2.17. The quantitative estimate of drug-likeness (QED) is 0.221. The van der Waals surface area contributed by atoms with E-state index in [1.807, 2.05) is 32.9 Å². The molecule has 0 bridgehead atoms. The summed E-state index contributed by atoms with van der Waals surface area (Å²) in [5.41, 5.74) is 14.2. The summed E-state index contributed by atoms with van der Waals surface area (Å²) >= 11 is 0. The van der Waals surface area contributed by atoms with Crippen molar-refractivity contribution in [1.29, 1.82) is 0 Å². The fourth-order valence-electron chi connectivity index (χ4n) is 4.84. The van der Waals surface area contributed by atoms with E-state index in [-0.39, 0.29) is 29.6 Å². The fraction of sp³-hybridized carbons (Fsp3) is 0.333. The lowest BCUT2D eigenvalue weighted by atomic mass is 10.1. The number of hydrogen-bond donors (Lipinski definition) is 4. The number of aromatic nitrogens is 1. The Morgan fingerprint density at radius 2 is 1.93 bits per heavy atom. The van der Waals surface area contributed by atoms with Gasteiger partial charge >= 0.3 is 0 Å². The molecular formula is C30H37N7O4. The fourth-order valence-corrected chi connectivity index (χ4v) is 4.84. The number of carbonyl (C=O) groups excluding carboxylic acids is 3. The summed E-state index contributed by atoms with van der Waals surface area (Å²) < 4.78 is 6.76. The van der Waals surface area contributed by atoms with Crippen LogP contribution in [0.2, 0.25) is 0 Å². The molecule has 2 aromatic carbocycles. The van der Waals surface area contributed by atoms with Crippen LogP contribution >= 0.6 is 0 Å². The predicted octanol–water partition coefficient (Wildman–Crippen LogP) is 3.46. The minimum absolute atomic E-state index is 0.0835. The van der Waals surface area contributed by atoms with E-state index >= 15 is 0 Å². The topological polar surface area (TPSA) is 143 Å². The van der Waals surface area contributed by atoms with Crippen molar-refractivity contribution in [3.63, 3.8) is 0 Å². The standard InChI is InChI=1S/C30H37N7O4/c1-18-11-12-21(29(39)34-22-8-6-9-23(15-22)36-13-7-10-26(36)38)14-25(18)35-28(31)27-20(3)24(16-37(27)32-4)30(40)33-19(2)17-41-5/h6,8-9,11-12,14-16,19,32H,7,10,13,17H2,1-5H3,(H2,31,35)(H,33,40)(H,34,39)/t19-/m0/s1. The molecule has 41 heavy (non-hydrogen) atoms. The van der Waals surface area contributed by atoms with Gasteiger partial charge in [0, 0.05) is 56.3 Å². The van der Waals surface area contributed by atoms with Gasteiger partial charge < -0.3 is 31.4 Å². The van der Waals surface area contributed by atoms with Crippen molar-refractivity contribution in [2.75, 3.05) is 43.0 Å². The summed E-state index contributed by atoms with van der Waals surface area (Å²) in [6, 6.07) is 12.3. The Morgan fingerprint density at radius 1 is 1.15 bits per heavy atom. The van der Waals surface area contributed by atoms with E-state index in [0.29, 0.717) is 53.3 Å². The van der Waals surface area contributed by atoms with Gasteiger partial charge in [-0.05, 0) is 68.7 Å². The molecule has 3 aromatic rings. The third-order valence-corrected chi connectivity index (χ3v) is 6.98. The highest BCUT2D eigenvalue weighted by atomic mass is 16.5. The van der Waals surface area contributed by atoms with E-state index in [2.05, 4.69) is 21.1 Å². The van der Waals surface area contributed by atoms with Crippen molar-refractivity contribution in [2.45, 2.75) is 39.7 Å². The number of nitrogens with zero attached hydrogens (tertiary/aromatic N) is 3. The van der Waals surface area contributed by atoms with Crippen LogP contribution in [-0.2, 0) is 9.53 Å². The first-order valence-electron chi connectivity index (χ1n) is 13.5. The number of benzene rings is 2. The van der Waals surface area contributed by atoms with Crippen molar-refractivity contribution < 1.29 is 19.1 Å². The van der Waals surface area contributed by atoms with Crippen LogP contribution < -0.4 is 26.7 Å². The second-order valence-corrected chi connectivity index (χ2v) is 10.1. The minimum atomic E-state index is -0.316. The van der Waals surface area contributed by atoms with Crippen LogP contribution in [0.3, 0.4) is 0 Å². The van der Waals surface area contributed by atoms with E-state index in [0.717, 1.165) is 17.7 Å². The van der Waals surface area contributed by atoms with Gasteiger partial charge in [-0.3, -0.25) is 19.1 Å². The Labute approximate surface area is 239 Å². The Morgan fingerprint density at radius 3 is 2.61 bits per heavy atom. The highest BCUT2D eigenvalue weighted by Gasteiger charge is 2.23. The molecule has 0 unspecified atom stereocenters. The SMILES string of the molecule is CNn1cc(C(=O)N[C@@H](C)COC)c(C)c1C(N)=Nc1cc(C(=O)Nc2cccc(N3CCCC3=O)c2)ccc1C. The number of nitrogens with one attached hydrogen (secondary N) is 3. The molecule has 0 saturated carbocycles. The molecule has 1 atom stereocenters. The molecule has 5 N–H and O–H groups in total. The maximum absolute atomic E-state index is 13.2. The van der Waals surface area contributed by atoms with Crippen molar-refractivity contribution in [3.8, 4) is 0 Å². The molecule has 0 radical (unpaired) electrons. The Hall–Kier alpha value is -4.64. The number of carbonyl (C=O) groups is 3. The first kappa shape index (κ1) is 29.3. The predicted molar refractivity (Wildman–Crippen MR) is 161 cm³/mol. The maximum atomic E-state index is 13.2. The van der Waals surface area contributed by atoms with E-state index in [1.165, 1.54) is 0 Å². The molecule has 0 aliphatic carbocycles. The number of anilines is 2. The number of aryl methyl sites for hydroxylation is 1. The molecular weight excluding hydrogens is 522 g/mol. The van der Waals surface area contributed by atoms with Crippen molar-refractivity contribution >= 4 is 40.6 Å². The zero-order valence-electron chi connectivity index (χ0n) is 24.1. The van der Waals surface area contributed by atoms with Gasteiger partial charge in [-0.1, -0.05) is 12.1 Å². The Kier molecular flexibility index (Phi) is 9.08. The van der Waals surface area contributed by atoms with Crippen molar-refractivity contribution in [2.24, 2.45) is 10.7 Å². The zero-order valence-corrected chi connectivity index (χ0v) is 24.1. The summed E-state index contributed by atoms with van der Waals surface area (Å²) in [6.45, 7) is 6.61. The number of amidine groups is 1. The Balaban J connectivity index is 1.57. The zero-order chi connectivity index (χ0) is 29.7. The Bertz CT molecular complexity index is 1490. The molecule has 1 aliphatic rings. The van der Waals surface area contributed by atoms with E-state index in [1.54, 1.807) is 60.3 Å². The second-order valence-electron chi connectivity index (χ2n) is 10.1. The van der Waals surface area contributed by atoms with Crippen LogP contribution in [0.1, 0.15) is 57.3 Å². The van der Waals surface area contributed by atoms with Gasteiger partial charge in [-0.15, -0.1) is 0 Å². The first-order chi connectivity index (χ1) is 19.6. The number of nitrogens with two attached hydrogens (primary N) is 1.